The van der Waals surface area contributed by atoms with E-state index in [0.29, 0.717) is 25.2 Å². The summed E-state index contributed by atoms with van der Waals surface area (Å²) in [5, 5.41) is 40.2. The van der Waals surface area contributed by atoms with Crippen LogP contribution >= 0.6 is 34.2 Å². The number of aliphatic hydroxyl groups excluding tert-OH is 4. The maximum Gasteiger partial charge on any atom is 0.229 e. The van der Waals surface area contributed by atoms with Crippen LogP contribution in [-0.2, 0) is 4.74 Å². The molecule has 3 rings (SSSR count). The number of nitrogens with zero attached hydrogens (tertiary/aromatic N) is 1. The van der Waals surface area contributed by atoms with Gasteiger partial charge in [0.05, 0.1) is 15.2 Å². The fraction of sp³-hybridized carbons (Fsp3) is 0.400. The van der Waals surface area contributed by atoms with Crippen molar-refractivity contribution in [2.75, 3.05) is 6.61 Å². The number of halogens is 2. The third kappa shape index (κ3) is 3.19. The Morgan fingerprint density at radius 3 is 2.71 bits per heavy atom. The molecule has 1 aromatic carbocycles. The first kappa shape index (κ1) is 18.1. The maximum atomic E-state index is 10.1. The SMILES string of the molecule is OC[C@H]1O[C@@H](Oc2c(I)cc(Cl)c3cccnc23)[C@H](O)[C@@H](O)[C@@H]1O. The number of pyridine rings is 1. The number of aliphatic hydroxyl groups is 4. The number of rotatable bonds is 3. The summed E-state index contributed by atoms with van der Waals surface area (Å²) >= 11 is 8.22. The van der Waals surface area contributed by atoms with Gasteiger partial charge in [-0.3, -0.25) is 4.98 Å². The molecule has 7 nitrogen and oxygen atoms in total. The van der Waals surface area contributed by atoms with Crippen LogP contribution in [0, 0.1) is 3.57 Å². The monoisotopic (exact) mass is 467 g/mol. The standard InChI is InChI=1S/C15H15ClINO6/c16-7-4-8(17)14(10-6(7)2-1-3-18-10)24-15-13(22)12(21)11(20)9(5-19)23-15/h1-4,9,11-13,15,19-22H,5H2/t9-,11-,12+,13-,15+/m1/s1. The van der Waals surface area contributed by atoms with Crippen molar-refractivity contribution in [3.63, 3.8) is 0 Å². The highest BCUT2D eigenvalue weighted by Crippen LogP contribution is 2.36. The molecule has 24 heavy (non-hydrogen) atoms. The highest BCUT2D eigenvalue weighted by atomic mass is 127. The normalized spacial score (nSPS) is 30.5. The van der Waals surface area contributed by atoms with Crippen molar-refractivity contribution >= 4 is 45.1 Å². The van der Waals surface area contributed by atoms with E-state index in [1.165, 1.54) is 0 Å². The first-order chi connectivity index (χ1) is 11.4. The van der Waals surface area contributed by atoms with Crippen molar-refractivity contribution in [1.82, 2.24) is 4.98 Å². The molecule has 1 aliphatic heterocycles. The Bertz CT molecular complexity index is 745. The van der Waals surface area contributed by atoms with Gasteiger partial charge in [0, 0.05) is 11.6 Å². The molecule has 9 heteroatoms. The number of aromatic nitrogens is 1. The molecule has 0 aliphatic carbocycles. The molecule has 130 valence electrons. The van der Waals surface area contributed by atoms with Gasteiger partial charge in [-0.1, -0.05) is 11.6 Å². The highest BCUT2D eigenvalue weighted by Gasteiger charge is 2.45. The second kappa shape index (κ2) is 7.24. The summed E-state index contributed by atoms with van der Waals surface area (Å²) in [6, 6.07) is 5.20. The lowest BCUT2D eigenvalue weighted by Crippen LogP contribution is -2.60. The third-order valence-electron chi connectivity index (χ3n) is 3.83. The van der Waals surface area contributed by atoms with Crippen molar-refractivity contribution < 1.29 is 29.9 Å². The van der Waals surface area contributed by atoms with Crippen molar-refractivity contribution in [1.29, 1.82) is 0 Å². The van der Waals surface area contributed by atoms with Gasteiger partial charge in [-0.15, -0.1) is 0 Å². The quantitative estimate of drug-likeness (QED) is 0.491. The van der Waals surface area contributed by atoms with E-state index in [1.807, 2.05) is 22.6 Å². The fourth-order valence-corrected chi connectivity index (χ4v) is 3.68. The lowest BCUT2D eigenvalue weighted by atomic mass is 9.99. The summed E-state index contributed by atoms with van der Waals surface area (Å²) in [7, 11) is 0. The summed E-state index contributed by atoms with van der Waals surface area (Å²) in [6.45, 7) is -0.526. The average Bonchev–Trinajstić information content (AvgIpc) is 2.58. The Hall–Kier alpha value is -0.750. The van der Waals surface area contributed by atoms with Crippen LogP contribution in [0.4, 0.5) is 0 Å². The van der Waals surface area contributed by atoms with E-state index >= 15 is 0 Å². The largest absolute Gasteiger partial charge is 0.459 e. The first-order valence-corrected chi connectivity index (χ1v) is 8.59. The molecule has 0 bridgehead atoms. The van der Waals surface area contributed by atoms with Gasteiger partial charge in [0.1, 0.15) is 29.9 Å². The topological polar surface area (TPSA) is 112 Å². The van der Waals surface area contributed by atoms with Crippen LogP contribution in [0.2, 0.25) is 5.02 Å². The van der Waals surface area contributed by atoms with Gasteiger partial charge >= 0.3 is 0 Å². The highest BCUT2D eigenvalue weighted by molar-refractivity contribution is 14.1. The van der Waals surface area contributed by atoms with E-state index in [-0.39, 0.29) is 0 Å². The van der Waals surface area contributed by atoms with Gasteiger partial charge in [0.15, 0.2) is 5.75 Å². The molecule has 1 fully saturated rings. The van der Waals surface area contributed by atoms with Crippen molar-refractivity contribution in [2.24, 2.45) is 0 Å². The predicted molar refractivity (Wildman–Crippen MR) is 93.9 cm³/mol. The minimum absolute atomic E-state index is 0.333. The van der Waals surface area contributed by atoms with Crippen molar-refractivity contribution in [3.05, 3.63) is 33.0 Å². The fourth-order valence-electron chi connectivity index (χ4n) is 2.54. The van der Waals surface area contributed by atoms with Crippen molar-refractivity contribution in [3.8, 4) is 5.75 Å². The number of hydrogen-bond acceptors (Lipinski definition) is 7. The van der Waals surface area contributed by atoms with Crippen LogP contribution in [0.15, 0.2) is 24.4 Å². The minimum Gasteiger partial charge on any atom is -0.459 e. The molecular formula is C15H15ClINO6. The van der Waals surface area contributed by atoms with E-state index in [0.717, 1.165) is 0 Å². The summed E-state index contributed by atoms with van der Waals surface area (Å²) < 4.78 is 11.7. The maximum absolute atomic E-state index is 10.1. The molecule has 0 unspecified atom stereocenters. The number of fused-ring (bicyclic) bond motifs is 1. The average molecular weight is 468 g/mol. The molecule has 1 aliphatic rings. The van der Waals surface area contributed by atoms with Crippen LogP contribution in [0.3, 0.4) is 0 Å². The molecular weight excluding hydrogens is 453 g/mol. The Morgan fingerprint density at radius 1 is 1.25 bits per heavy atom. The summed E-state index contributed by atoms with van der Waals surface area (Å²) in [6.07, 6.45) is -5.19. The van der Waals surface area contributed by atoms with Crippen LogP contribution in [0.25, 0.3) is 10.9 Å². The molecule has 1 saturated heterocycles. The number of hydrogen-bond donors (Lipinski definition) is 4. The van der Waals surface area contributed by atoms with E-state index in [4.69, 9.17) is 21.1 Å². The zero-order chi connectivity index (χ0) is 17.4. The minimum atomic E-state index is -1.51. The van der Waals surface area contributed by atoms with E-state index in [1.54, 1.807) is 24.4 Å². The van der Waals surface area contributed by atoms with E-state index in [9.17, 15) is 20.4 Å². The molecule has 4 N–H and O–H groups in total. The van der Waals surface area contributed by atoms with Crippen LogP contribution in [-0.4, -0.2) is 62.7 Å². The Balaban J connectivity index is 1.97. The summed E-state index contributed by atoms with van der Waals surface area (Å²) in [5.74, 6) is 0.333. The molecule has 1 aromatic heterocycles. The zero-order valence-electron chi connectivity index (χ0n) is 12.2. The zero-order valence-corrected chi connectivity index (χ0v) is 15.1. The predicted octanol–water partition coefficient (Wildman–Crippen LogP) is 0.671. The Morgan fingerprint density at radius 2 is 2.00 bits per heavy atom. The summed E-state index contributed by atoms with van der Waals surface area (Å²) in [4.78, 5) is 4.25. The third-order valence-corrected chi connectivity index (χ3v) is 4.95. The van der Waals surface area contributed by atoms with Gasteiger partial charge in [0.2, 0.25) is 6.29 Å². The smallest absolute Gasteiger partial charge is 0.229 e. The summed E-state index contributed by atoms with van der Waals surface area (Å²) in [5.41, 5.74) is 0.478. The number of benzene rings is 1. The molecule has 5 atom stereocenters. The molecule has 2 aromatic rings. The van der Waals surface area contributed by atoms with Crippen LogP contribution in [0.1, 0.15) is 0 Å². The van der Waals surface area contributed by atoms with Gasteiger partial charge in [-0.05, 0) is 40.8 Å². The second-order valence-electron chi connectivity index (χ2n) is 5.38. The van der Waals surface area contributed by atoms with Crippen LogP contribution < -0.4 is 4.74 Å². The molecule has 2 heterocycles. The molecule has 0 saturated carbocycles. The second-order valence-corrected chi connectivity index (χ2v) is 6.95. The van der Waals surface area contributed by atoms with Gasteiger partial charge < -0.3 is 29.9 Å². The van der Waals surface area contributed by atoms with E-state index < -0.39 is 37.3 Å². The Kier molecular flexibility index (Phi) is 5.45. The lowest BCUT2D eigenvalue weighted by Gasteiger charge is -2.39. The Labute approximate surface area is 155 Å². The number of ether oxygens (including phenoxy) is 2. The van der Waals surface area contributed by atoms with Gasteiger partial charge in [0.25, 0.3) is 0 Å². The lowest BCUT2D eigenvalue weighted by molar-refractivity contribution is -0.277. The van der Waals surface area contributed by atoms with Gasteiger partial charge in [-0.2, -0.15) is 0 Å². The van der Waals surface area contributed by atoms with Crippen molar-refractivity contribution in [2.45, 2.75) is 30.7 Å². The first-order valence-electron chi connectivity index (χ1n) is 7.14. The molecule has 0 radical (unpaired) electrons. The van der Waals surface area contributed by atoms with E-state index in [2.05, 4.69) is 4.98 Å². The van der Waals surface area contributed by atoms with Crippen LogP contribution in [0.5, 0.6) is 5.75 Å². The molecule has 0 spiro atoms. The van der Waals surface area contributed by atoms with Gasteiger partial charge in [-0.25, -0.2) is 0 Å². The molecule has 0 amide bonds.